The summed E-state index contributed by atoms with van der Waals surface area (Å²) in [6, 6.07) is 18.0. The normalized spacial score (nSPS) is 15.8. The number of nitrogens with one attached hydrogen (secondary N) is 1. The number of rotatable bonds is 8. The van der Waals surface area contributed by atoms with Gasteiger partial charge in [-0.2, -0.15) is 0 Å². The monoisotopic (exact) mass is 468 g/mol. The van der Waals surface area contributed by atoms with Crippen LogP contribution in [0.2, 0.25) is 0 Å². The average Bonchev–Trinajstić information content (AvgIpc) is 3.29. The van der Waals surface area contributed by atoms with Crippen LogP contribution in [-0.2, 0) is 20.3 Å². The summed E-state index contributed by atoms with van der Waals surface area (Å²) in [7, 11) is -3.60. The lowest BCUT2D eigenvalue weighted by atomic mass is 10.0. The van der Waals surface area contributed by atoms with Gasteiger partial charge in [0.2, 0.25) is 0 Å². The first kappa shape index (κ1) is 23.2. The van der Waals surface area contributed by atoms with Crippen LogP contribution in [0.15, 0.2) is 76.2 Å². The predicted octanol–water partition coefficient (Wildman–Crippen LogP) is 3.37. The minimum atomic E-state index is -3.60. The van der Waals surface area contributed by atoms with Gasteiger partial charge < -0.3 is 14.5 Å². The summed E-state index contributed by atoms with van der Waals surface area (Å²) < 4.78 is 36.4. The molecule has 1 aliphatic rings. The second-order valence-corrected chi connectivity index (χ2v) is 10.1. The molecule has 1 amide bonds. The highest BCUT2D eigenvalue weighted by molar-refractivity contribution is 7.90. The molecule has 0 bridgehead atoms. The van der Waals surface area contributed by atoms with E-state index >= 15 is 0 Å². The number of hydrogen-bond acceptors (Lipinski definition) is 6. The molecule has 33 heavy (non-hydrogen) atoms. The van der Waals surface area contributed by atoms with E-state index in [0.717, 1.165) is 18.7 Å². The largest absolute Gasteiger partial charge is 0.459 e. The molecule has 1 saturated heterocycles. The highest BCUT2D eigenvalue weighted by Gasteiger charge is 2.26. The Labute approximate surface area is 194 Å². The number of nitrogens with zero attached hydrogens (tertiary/aromatic N) is 1. The molecule has 0 spiro atoms. The molecule has 1 N–H and O–H groups in total. The fourth-order valence-corrected chi connectivity index (χ4v) is 5.34. The zero-order valence-electron chi connectivity index (χ0n) is 18.6. The van der Waals surface area contributed by atoms with Crippen molar-refractivity contribution in [3.05, 3.63) is 89.4 Å². The molecule has 1 fully saturated rings. The zero-order chi connectivity index (χ0) is 23.3. The summed E-state index contributed by atoms with van der Waals surface area (Å²) >= 11 is 0. The topological polar surface area (TPSA) is 88.8 Å². The Morgan fingerprint density at radius 1 is 1.03 bits per heavy atom. The number of furan rings is 1. The lowest BCUT2D eigenvalue weighted by Gasteiger charge is -2.35. The highest BCUT2D eigenvalue weighted by Crippen LogP contribution is 2.23. The molecule has 1 aromatic heterocycles. The van der Waals surface area contributed by atoms with Gasteiger partial charge in [-0.1, -0.05) is 48.0 Å². The summed E-state index contributed by atoms with van der Waals surface area (Å²) in [5.41, 5.74) is 2.62. The fourth-order valence-electron chi connectivity index (χ4n) is 3.97. The first-order valence-electron chi connectivity index (χ1n) is 10.9. The van der Waals surface area contributed by atoms with Crippen LogP contribution in [0.25, 0.3) is 0 Å². The van der Waals surface area contributed by atoms with Gasteiger partial charge in [-0.3, -0.25) is 9.69 Å². The molecule has 0 radical (unpaired) electrons. The number of benzene rings is 2. The van der Waals surface area contributed by atoms with E-state index in [0.29, 0.717) is 25.3 Å². The van der Waals surface area contributed by atoms with Crippen LogP contribution in [-0.4, -0.2) is 52.1 Å². The SMILES string of the molecule is Cc1ccc(C(CNC(=O)c2occc2CS(=O)(=O)c2ccccc2)N2CCOCC2)cc1. The number of aryl methyl sites for hydroxylation is 1. The number of carbonyl (C=O) groups is 1. The molecule has 0 aliphatic carbocycles. The third-order valence-electron chi connectivity index (χ3n) is 5.81. The van der Waals surface area contributed by atoms with Crippen LogP contribution in [0, 0.1) is 6.92 Å². The van der Waals surface area contributed by atoms with Gasteiger partial charge in [-0.25, -0.2) is 8.42 Å². The van der Waals surface area contributed by atoms with E-state index in [9.17, 15) is 13.2 Å². The van der Waals surface area contributed by atoms with Gasteiger partial charge in [-0.05, 0) is 30.7 Å². The first-order valence-corrected chi connectivity index (χ1v) is 12.6. The van der Waals surface area contributed by atoms with Crippen molar-refractivity contribution in [2.75, 3.05) is 32.8 Å². The Hall–Kier alpha value is -2.94. The molecule has 1 aliphatic heterocycles. The van der Waals surface area contributed by atoms with Crippen molar-refractivity contribution in [2.24, 2.45) is 0 Å². The van der Waals surface area contributed by atoms with Crippen molar-refractivity contribution >= 4 is 15.7 Å². The Balaban J connectivity index is 1.48. The lowest BCUT2D eigenvalue weighted by molar-refractivity contribution is 0.0161. The highest BCUT2D eigenvalue weighted by atomic mass is 32.2. The van der Waals surface area contributed by atoms with Crippen molar-refractivity contribution in [3.8, 4) is 0 Å². The summed E-state index contributed by atoms with van der Waals surface area (Å²) in [6.45, 7) is 5.25. The third kappa shape index (κ3) is 5.71. The van der Waals surface area contributed by atoms with Gasteiger partial charge in [0, 0.05) is 25.2 Å². The number of ether oxygens (including phenoxy) is 1. The maximum Gasteiger partial charge on any atom is 0.287 e. The van der Waals surface area contributed by atoms with Crippen LogP contribution in [0.5, 0.6) is 0 Å². The Bertz CT molecular complexity index is 1170. The second kappa shape index (κ2) is 10.3. The smallest absolute Gasteiger partial charge is 0.287 e. The number of carbonyl (C=O) groups excluding carboxylic acids is 1. The van der Waals surface area contributed by atoms with Crippen LogP contribution >= 0.6 is 0 Å². The summed E-state index contributed by atoms with van der Waals surface area (Å²) in [6.07, 6.45) is 1.35. The summed E-state index contributed by atoms with van der Waals surface area (Å²) in [4.78, 5) is 15.5. The van der Waals surface area contributed by atoms with Crippen molar-refractivity contribution in [1.82, 2.24) is 10.2 Å². The van der Waals surface area contributed by atoms with Crippen molar-refractivity contribution in [2.45, 2.75) is 23.6 Å². The van der Waals surface area contributed by atoms with Gasteiger partial charge in [0.15, 0.2) is 15.6 Å². The summed E-state index contributed by atoms with van der Waals surface area (Å²) in [5.74, 6) is -0.705. The van der Waals surface area contributed by atoms with Crippen molar-refractivity contribution in [1.29, 1.82) is 0 Å². The van der Waals surface area contributed by atoms with Gasteiger partial charge >= 0.3 is 0 Å². The molecule has 7 nitrogen and oxygen atoms in total. The third-order valence-corrected chi connectivity index (χ3v) is 7.49. The molecule has 174 valence electrons. The molecular formula is C25H28N2O5S. The van der Waals surface area contributed by atoms with Gasteiger partial charge in [0.25, 0.3) is 5.91 Å². The number of hydrogen-bond donors (Lipinski definition) is 1. The fraction of sp³-hybridized carbons (Fsp3) is 0.320. The van der Waals surface area contributed by atoms with E-state index in [1.54, 1.807) is 30.3 Å². The molecule has 4 rings (SSSR count). The van der Waals surface area contributed by atoms with Gasteiger partial charge in [-0.15, -0.1) is 0 Å². The predicted molar refractivity (Wildman–Crippen MR) is 125 cm³/mol. The quantitative estimate of drug-likeness (QED) is 0.545. The molecular weight excluding hydrogens is 440 g/mol. The summed E-state index contributed by atoms with van der Waals surface area (Å²) in [5, 5.41) is 2.95. The first-order chi connectivity index (χ1) is 15.9. The van der Waals surface area contributed by atoms with E-state index in [1.165, 1.54) is 17.9 Å². The van der Waals surface area contributed by atoms with Crippen molar-refractivity contribution in [3.63, 3.8) is 0 Å². The van der Waals surface area contributed by atoms with Gasteiger partial charge in [0.1, 0.15) is 0 Å². The number of morpholine rings is 1. The molecule has 1 atom stereocenters. The van der Waals surface area contributed by atoms with E-state index in [-0.39, 0.29) is 22.5 Å². The van der Waals surface area contributed by atoms with E-state index < -0.39 is 15.7 Å². The standard InChI is InChI=1S/C25H28N2O5S/c1-19-7-9-20(10-8-19)23(27-12-15-31-16-13-27)17-26-25(28)24-21(11-14-32-24)18-33(29,30)22-5-3-2-4-6-22/h2-11,14,23H,12-13,15-18H2,1H3,(H,26,28). The minimum Gasteiger partial charge on any atom is -0.459 e. The minimum absolute atomic E-state index is 0.0232. The zero-order valence-corrected chi connectivity index (χ0v) is 19.4. The van der Waals surface area contributed by atoms with Crippen LogP contribution in [0.4, 0.5) is 0 Å². The lowest BCUT2D eigenvalue weighted by Crippen LogP contribution is -2.43. The molecule has 1 unspecified atom stereocenters. The Morgan fingerprint density at radius 3 is 2.42 bits per heavy atom. The Kier molecular flexibility index (Phi) is 7.27. The van der Waals surface area contributed by atoms with Gasteiger partial charge in [0.05, 0.1) is 36.2 Å². The average molecular weight is 469 g/mol. The molecule has 0 saturated carbocycles. The number of sulfone groups is 1. The van der Waals surface area contributed by atoms with E-state index in [2.05, 4.69) is 34.5 Å². The van der Waals surface area contributed by atoms with E-state index in [4.69, 9.17) is 9.15 Å². The second-order valence-electron chi connectivity index (χ2n) is 8.13. The molecule has 2 heterocycles. The maximum atomic E-state index is 13.0. The van der Waals surface area contributed by atoms with Crippen molar-refractivity contribution < 1.29 is 22.4 Å². The van der Waals surface area contributed by atoms with Crippen LogP contribution in [0.1, 0.15) is 33.3 Å². The van der Waals surface area contributed by atoms with Crippen LogP contribution in [0.3, 0.4) is 0 Å². The molecule has 2 aromatic carbocycles. The van der Waals surface area contributed by atoms with E-state index in [1.807, 2.05) is 6.92 Å². The molecule has 8 heteroatoms. The Morgan fingerprint density at radius 2 is 1.73 bits per heavy atom. The van der Waals surface area contributed by atoms with Crippen LogP contribution < -0.4 is 5.32 Å². The maximum absolute atomic E-state index is 13.0. The molecule has 3 aromatic rings. The number of amides is 1.